The predicted octanol–water partition coefficient (Wildman–Crippen LogP) is 2.34. The third kappa shape index (κ3) is 2.50. The van der Waals surface area contributed by atoms with Crippen LogP contribution in [0.25, 0.3) is 0 Å². The maximum absolute atomic E-state index is 13.4. The Morgan fingerprint density at radius 1 is 1.30 bits per heavy atom. The molecule has 1 aromatic rings. The number of rotatable bonds is 2. The van der Waals surface area contributed by atoms with Gasteiger partial charge in [0.15, 0.2) is 0 Å². The molecule has 4 unspecified atom stereocenters. The van der Waals surface area contributed by atoms with Gasteiger partial charge in [-0.25, -0.2) is 8.78 Å². The van der Waals surface area contributed by atoms with E-state index >= 15 is 0 Å². The van der Waals surface area contributed by atoms with Crippen LogP contribution in [0.3, 0.4) is 0 Å². The molecule has 3 rings (SSSR count). The number of alkyl halides is 2. The lowest BCUT2D eigenvalue weighted by Crippen LogP contribution is -2.41. The zero-order chi connectivity index (χ0) is 14.3. The molecule has 108 valence electrons. The molecule has 0 aliphatic heterocycles. The number of nitrogens with one attached hydrogen (secondary N) is 1. The molecule has 2 aliphatic rings. The number of aliphatic hydroxyl groups is 1. The Morgan fingerprint density at radius 2 is 2.00 bits per heavy atom. The largest absolute Gasteiger partial charge is 0.432 e. The lowest BCUT2D eigenvalue weighted by atomic mass is 9.93. The van der Waals surface area contributed by atoms with Crippen molar-refractivity contribution < 1.29 is 18.6 Å². The summed E-state index contributed by atoms with van der Waals surface area (Å²) >= 11 is 5.06. The number of ether oxygens (including phenoxy) is 1. The first-order valence-corrected chi connectivity index (χ1v) is 6.98. The van der Waals surface area contributed by atoms with Crippen LogP contribution >= 0.6 is 12.2 Å². The van der Waals surface area contributed by atoms with Crippen LogP contribution in [0, 0.1) is 11.8 Å². The molecule has 2 fully saturated rings. The van der Waals surface area contributed by atoms with Crippen LogP contribution in [0.1, 0.15) is 12.8 Å². The van der Waals surface area contributed by atoms with E-state index in [2.05, 4.69) is 5.32 Å². The van der Waals surface area contributed by atoms with Gasteiger partial charge in [-0.1, -0.05) is 18.2 Å². The molecule has 0 spiro atoms. The quantitative estimate of drug-likeness (QED) is 0.823. The van der Waals surface area contributed by atoms with E-state index in [0.29, 0.717) is 12.2 Å². The monoisotopic (exact) mass is 299 g/mol. The molecule has 20 heavy (non-hydrogen) atoms. The lowest BCUT2D eigenvalue weighted by Gasteiger charge is -2.25. The maximum atomic E-state index is 13.4. The number of fused-ring (bicyclic) bond motifs is 1. The van der Waals surface area contributed by atoms with Crippen molar-refractivity contribution in [3.05, 3.63) is 30.3 Å². The van der Waals surface area contributed by atoms with Gasteiger partial charge >= 0.3 is 0 Å². The van der Waals surface area contributed by atoms with Crippen LogP contribution < -0.4 is 10.1 Å². The van der Waals surface area contributed by atoms with Crippen LogP contribution in [0.15, 0.2) is 30.3 Å². The summed E-state index contributed by atoms with van der Waals surface area (Å²) in [6.45, 7) is 0. The fourth-order valence-corrected chi connectivity index (χ4v) is 3.26. The number of benzene rings is 1. The zero-order valence-electron chi connectivity index (χ0n) is 10.6. The van der Waals surface area contributed by atoms with Crippen molar-refractivity contribution in [2.75, 3.05) is 0 Å². The van der Waals surface area contributed by atoms with Crippen molar-refractivity contribution in [1.82, 2.24) is 5.32 Å². The smallest absolute Gasteiger partial charge is 0.262 e. The first-order valence-electron chi connectivity index (χ1n) is 6.57. The number of aliphatic hydroxyl groups excluding tert-OH is 1. The number of halogens is 2. The van der Waals surface area contributed by atoms with E-state index < -0.39 is 23.9 Å². The molecule has 3 nitrogen and oxygen atoms in total. The van der Waals surface area contributed by atoms with Gasteiger partial charge in [0.2, 0.25) is 0 Å². The molecule has 1 aromatic carbocycles. The number of para-hydroxylation sites is 1. The van der Waals surface area contributed by atoms with Gasteiger partial charge in [0, 0.05) is 12.0 Å². The molecule has 0 radical (unpaired) electrons. The Labute approximate surface area is 120 Å². The van der Waals surface area contributed by atoms with Gasteiger partial charge in [0.05, 0.1) is 12.0 Å². The van der Waals surface area contributed by atoms with E-state index in [1.165, 1.54) is 0 Å². The predicted molar refractivity (Wildman–Crippen MR) is 73.8 cm³/mol. The molecule has 6 heteroatoms. The van der Waals surface area contributed by atoms with Crippen LogP contribution in [0.5, 0.6) is 5.75 Å². The van der Waals surface area contributed by atoms with Gasteiger partial charge in [-0.2, -0.15) is 0 Å². The fourth-order valence-electron chi connectivity index (χ4n) is 3.00. The van der Waals surface area contributed by atoms with Gasteiger partial charge in [0.1, 0.15) is 5.75 Å². The molecule has 0 aromatic heterocycles. The molecule has 0 heterocycles. The van der Waals surface area contributed by atoms with Crippen LogP contribution in [0.4, 0.5) is 8.78 Å². The number of thiocarbonyl (C=S) groups is 1. The van der Waals surface area contributed by atoms with Gasteiger partial charge in [0.25, 0.3) is 11.1 Å². The van der Waals surface area contributed by atoms with Crippen molar-refractivity contribution in [3.8, 4) is 5.75 Å². The van der Waals surface area contributed by atoms with Gasteiger partial charge in [-0.15, -0.1) is 0 Å². The summed E-state index contributed by atoms with van der Waals surface area (Å²) in [6, 6.07) is 8.74. The second kappa shape index (κ2) is 4.93. The highest BCUT2D eigenvalue weighted by Gasteiger charge is 2.72. The Balaban J connectivity index is 1.55. The van der Waals surface area contributed by atoms with Gasteiger partial charge in [-0.3, -0.25) is 0 Å². The highest BCUT2D eigenvalue weighted by Crippen LogP contribution is 2.62. The van der Waals surface area contributed by atoms with Crippen LogP contribution in [0.2, 0.25) is 0 Å². The molecular weight excluding hydrogens is 284 g/mol. The Morgan fingerprint density at radius 3 is 2.65 bits per heavy atom. The molecule has 4 atom stereocenters. The molecule has 2 N–H and O–H groups in total. The number of hydrogen-bond donors (Lipinski definition) is 2. The summed E-state index contributed by atoms with van der Waals surface area (Å²) in [5.74, 6) is -3.74. The summed E-state index contributed by atoms with van der Waals surface area (Å²) in [6.07, 6.45) is -0.386. The van der Waals surface area contributed by atoms with Crippen LogP contribution in [-0.4, -0.2) is 28.3 Å². The average molecular weight is 299 g/mol. The van der Waals surface area contributed by atoms with Gasteiger partial charge < -0.3 is 15.2 Å². The first-order chi connectivity index (χ1) is 9.48. The summed E-state index contributed by atoms with van der Waals surface area (Å²) in [4.78, 5) is 0. The third-order valence-electron chi connectivity index (χ3n) is 4.02. The fraction of sp³-hybridized carbons (Fsp3) is 0.500. The first kappa shape index (κ1) is 13.7. The van der Waals surface area contributed by atoms with Gasteiger partial charge in [-0.05, 0) is 37.2 Å². The third-order valence-corrected chi connectivity index (χ3v) is 4.22. The minimum Gasteiger partial charge on any atom is -0.432 e. The van der Waals surface area contributed by atoms with Crippen LogP contribution in [-0.2, 0) is 0 Å². The minimum atomic E-state index is -2.72. The topological polar surface area (TPSA) is 41.5 Å². The van der Waals surface area contributed by atoms with E-state index in [1.54, 1.807) is 12.1 Å². The summed E-state index contributed by atoms with van der Waals surface area (Å²) in [7, 11) is 0. The summed E-state index contributed by atoms with van der Waals surface area (Å²) in [5, 5.41) is 12.8. The Hall–Kier alpha value is -1.27. The maximum Gasteiger partial charge on any atom is 0.262 e. The van der Waals surface area contributed by atoms with Crippen molar-refractivity contribution in [1.29, 1.82) is 0 Å². The average Bonchev–Trinajstić information content (AvgIpc) is 2.93. The lowest BCUT2D eigenvalue weighted by molar-refractivity contribution is 0.0448. The van der Waals surface area contributed by atoms with E-state index in [-0.39, 0.29) is 17.6 Å². The second-order valence-corrected chi connectivity index (χ2v) is 5.76. The molecular formula is C14H15F2NO2S. The van der Waals surface area contributed by atoms with Crippen molar-refractivity contribution >= 4 is 17.4 Å². The summed E-state index contributed by atoms with van der Waals surface area (Å²) in [5.41, 5.74) is 0. The highest BCUT2D eigenvalue weighted by molar-refractivity contribution is 7.80. The molecule has 0 bridgehead atoms. The highest BCUT2D eigenvalue weighted by atomic mass is 32.1. The number of hydrogen-bond acceptors (Lipinski definition) is 3. The van der Waals surface area contributed by atoms with Crippen molar-refractivity contribution in [3.63, 3.8) is 0 Å². The van der Waals surface area contributed by atoms with E-state index in [4.69, 9.17) is 17.0 Å². The summed E-state index contributed by atoms with van der Waals surface area (Å²) < 4.78 is 32.1. The normalized spacial score (nSPS) is 34.0. The van der Waals surface area contributed by atoms with Crippen molar-refractivity contribution in [2.45, 2.75) is 30.9 Å². The minimum absolute atomic E-state index is 0.149. The van der Waals surface area contributed by atoms with E-state index in [0.717, 1.165) is 0 Å². The molecule has 0 amide bonds. The standard InChI is InChI=1S/C14H15F2NO2S/c15-14(16)10-6-8(7-11(18)12(10)14)17-13(20)19-9-4-2-1-3-5-9/h1-5,8,10-12,18H,6-7H2,(H,17,20). The Kier molecular flexibility index (Phi) is 3.38. The molecule has 2 saturated carbocycles. The zero-order valence-corrected chi connectivity index (χ0v) is 11.4. The second-order valence-electron chi connectivity index (χ2n) is 5.39. The SMILES string of the molecule is OC1CC(NC(=S)Oc2ccccc2)CC2C1C2(F)F. The molecule has 0 saturated heterocycles. The Bertz CT molecular complexity index is 511. The van der Waals surface area contributed by atoms with E-state index in [1.807, 2.05) is 18.2 Å². The molecule has 2 aliphatic carbocycles. The van der Waals surface area contributed by atoms with Crippen molar-refractivity contribution in [2.24, 2.45) is 11.8 Å². The van der Waals surface area contributed by atoms with E-state index in [9.17, 15) is 13.9 Å².